The van der Waals surface area contributed by atoms with Gasteiger partial charge in [-0.15, -0.1) is 0 Å². The van der Waals surface area contributed by atoms with Gasteiger partial charge in [-0.25, -0.2) is 0 Å². The number of carbonyl (C=O) groups is 1. The quantitative estimate of drug-likeness (QED) is 0.799. The van der Waals surface area contributed by atoms with Crippen molar-refractivity contribution in [3.05, 3.63) is 23.8 Å². The maximum absolute atomic E-state index is 12.0. The number of hydrogen-bond acceptors (Lipinski definition) is 3. The molecule has 0 bridgehead atoms. The summed E-state index contributed by atoms with van der Waals surface area (Å²) in [7, 11) is 1.66. The zero-order valence-electron chi connectivity index (χ0n) is 11.9. The third-order valence-corrected chi connectivity index (χ3v) is 3.58. The Hall–Kier alpha value is -1.71. The molecule has 3 N–H and O–H groups in total. The average Bonchev–Trinajstić information content (AvgIpc) is 3.18. The lowest BCUT2D eigenvalue weighted by Crippen LogP contribution is -2.35. The normalized spacial score (nSPS) is 14.5. The van der Waals surface area contributed by atoms with Gasteiger partial charge in [0.25, 0.3) is 5.91 Å². The molecule has 1 aromatic rings. The number of carbonyl (C=O) groups excluding carboxylic acids is 1. The van der Waals surface area contributed by atoms with E-state index in [2.05, 4.69) is 24.1 Å². The zero-order valence-corrected chi connectivity index (χ0v) is 11.9. The van der Waals surface area contributed by atoms with E-state index in [0.717, 1.165) is 18.2 Å². The van der Waals surface area contributed by atoms with Gasteiger partial charge >= 0.3 is 0 Å². The Morgan fingerprint density at radius 1 is 1.47 bits per heavy atom. The summed E-state index contributed by atoms with van der Waals surface area (Å²) in [4.78, 5) is 14.3. The average molecular weight is 261 g/mol. The molecule has 2 rings (SSSR count). The molecule has 0 radical (unpaired) electrons. The predicted molar refractivity (Wildman–Crippen MR) is 79.5 cm³/mol. The van der Waals surface area contributed by atoms with Crippen LogP contribution >= 0.6 is 0 Å². The molecule has 0 aliphatic heterocycles. The Morgan fingerprint density at radius 3 is 2.68 bits per heavy atom. The number of anilines is 2. The van der Waals surface area contributed by atoms with E-state index >= 15 is 0 Å². The van der Waals surface area contributed by atoms with Crippen LogP contribution in [0.15, 0.2) is 18.2 Å². The van der Waals surface area contributed by atoms with Crippen LogP contribution in [0.4, 0.5) is 11.4 Å². The van der Waals surface area contributed by atoms with Gasteiger partial charge in [-0.3, -0.25) is 4.79 Å². The lowest BCUT2D eigenvalue weighted by Gasteiger charge is -2.31. The van der Waals surface area contributed by atoms with Crippen LogP contribution in [0.1, 0.15) is 37.0 Å². The first-order valence-electron chi connectivity index (χ1n) is 6.91. The maximum atomic E-state index is 12.0. The van der Waals surface area contributed by atoms with E-state index in [9.17, 15) is 4.79 Å². The minimum atomic E-state index is -0.0588. The fraction of sp³-hybridized carbons (Fsp3) is 0.533. The molecule has 0 saturated heterocycles. The largest absolute Gasteiger partial charge is 0.399 e. The topological polar surface area (TPSA) is 58.4 Å². The standard InChI is InChI=1S/C15H23N3O/c1-10(2)18(9-11-4-5-11)14-8-12(16)6-7-13(14)15(19)17-3/h6-8,10-11H,4-5,9,16H2,1-3H3,(H,17,19). The molecule has 0 aromatic heterocycles. The molecular weight excluding hydrogens is 238 g/mol. The summed E-state index contributed by atoms with van der Waals surface area (Å²) < 4.78 is 0. The van der Waals surface area contributed by atoms with Crippen LogP contribution in [-0.4, -0.2) is 25.5 Å². The Morgan fingerprint density at radius 2 is 2.16 bits per heavy atom. The van der Waals surface area contributed by atoms with Crippen LogP contribution in [0.5, 0.6) is 0 Å². The van der Waals surface area contributed by atoms with Crippen LogP contribution in [-0.2, 0) is 0 Å². The van der Waals surface area contributed by atoms with Gasteiger partial charge in [0.15, 0.2) is 0 Å². The van der Waals surface area contributed by atoms with E-state index in [1.807, 2.05) is 12.1 Å². The van der Waals surface area contributed by atoms with Crippen molar-refractivity contribution in [1.29, 1.82) is 0 Å². The highest BCUT2D eigenvalue weighted by Gasteiger charge is 2.27. The fourth-order valence-corrected chi connectivity index (χ4v) is 2.28. The van der Waals surface area contributed by atoms with E-state index in [4.69, 9.17) is 5.73 Å². The van der Waals surface area contributed by atoms with Crippen LogP contribution in [0, 0.1) is 5.92 Å². The molecule has 1 fully saturated rings. The molecule has 104 valence electrons. The summed E-state index contributed by atoms with van der Waals surface area (Å²) in [6.45, 7) is 5.31. The monoisotopic (exact) mass is 261 g/mol. The number of hydrogen-bond donors (Lipinski definition) is 2. The number of rotatable bonds is 5. The van der Waals surface area contributed by atoms with Crippen LogP contribution < -0.4 is 16.0 Å². The van der Waals surface area contributed by atoms with Gasteiger partial charge in [-0.2, -0.15) is 0 Å². The second kappa shape index (κ2) is 5.51. The lowest BCUT2D eigenvalue weighted by molar-refractivity contribution is 0.0963. The Kier molecular flexibility index (Phi) is 3.98. The predicted octanol–water partition coefficient (Wildman–Crippen LogP) is 2.25. The second-order valence-electron chi connectivity index (χ2n) is 5.55. The van der Waals surface area contributed by atoms with E-state index in [0.29, 0.717) is 17.3 Å². The summed E-state index contributed by atoms with van der Waals surface area (Å²) in [5, 5.41) is 2.70. The van der Waals surface area contributed by atoms with E-state index < -0.39 is 0 Å². The number of nitrogens with one attached hydrogen (secondary N) is 1. The van der Waals surface area contributed by atoms with Crippen LogP contribution in [0.2, 0.25) is 0 Å². The molecular formula is C15H23N3O. The van der Waals surface area contributed by atoms with Gasteiger partial charge in [0.05, 0.1) is 11.3 Å². The maximum Gasteiger partial charge on any atom is 0.253 e. The molecule has 19 heavy (non-hydrogen) atoms. The molecule has 0 unspecified atom stereocenters. The van der Waals surface area contributed by atoms with Gasteiger partial charge in [-0.05, 0) is 50.8 Å². The first-order chi connectivity index (χ1) is 9.02. The molecule has 1 aromatic carbocycles. The van der Waals surface area contributed by atoms with Gasteiger partial charge in [0.1, 0.15) is 0 Å². The Bertz CT molecular complexity index is 466. The fourth-order valence-electron chi connectivity index (χ4n) is 2.28. The van der Waals surface area contributed by atoms with Crippen molar-refractivity contribution in [1.82, 2.24) is 5.32 Å². The highest BCUT2D eigenvalue weighted by molar-refractivity contribution is 6.00. The summed E-state index contributed by atoms with van der Waals surface area (Å²) in [6.07, 6.45) is 2.59. The van der Waals surface area contributed by atoms with Crippen molar-refractivity contribution in [3.8, 4) is 0 Å². The molecule has 4 heteroatoms. The lowest BCUT2D eigenvalue weighted by atomic mass is 10.1. The molecule has 0 heterocycles. The minimum absolute atomic E-state index is 0.0588. The number of benzene rings is 1. The second-order valence-corrected chi connectivity index (χ2v) is 5.55. The van der Waals surface area contributed by atoms with Crippen molar-refractivity contribution < 1.29 is 4.79 Å². The molecule has 0 spiro atoms. The van der Waals surface area contributed by atoms with Crippen molar-refractivity contribution in [2.75, 3.05) is 24.2 Å². The first-order valence-corrected chi connectivity index (χ1v) is 6.91. The van der Waals surface area contributed by atoms with Crippen LogP contribution in [0.25, 0.3) is 0 Å². The third kappa shape index (κ3) is 3.19. The smallest absolute Gasteiger partial charge is 0.253 e. The van der Waals surface area contributed by atoms with Gasteiger partial charge in [0, 0.05) is 25.3 Å². The molecule has 1 amide bonds. The number of amides is 1. The molecule has 0 atom stereocenters. The van der Waals surface area contributed by atoms with Gasteiger partial charge < -0.3 is 16.0 Å². The highest BCUT2D eigenvalue weighted by Crippen LogP contribution is 2.34. The Balaban J connectivity index is 2.37. The van der Waals surface area contributed by atoms with E-state index in [1.54, 1.807) is 13.1 Å². The summed E-state index contributed by atoms with van der Waals surface area (Å²) in [6, 6.07) is 5.86. The van der Waals surface area contributed by atoms with Crippen molar-refractivity contribution in [2.45, 2.75) is 32.7 Å². The molecule has 1 aliphatic carbocycles. The van der Waals surface area contributed by atoms with Gasteiger partial charge in [-0.1, -0.05) is 0 Å². The highest BCUT2D eigenvalue weighted by atomic mass is 16.1. The minimum Gasteiger partial charge on any atom is -0.399 e. The summed E-state index contributed by atoms with van der Waals surface area (Å²) in [5.74, 6) is 0.706. The summed E-state index contributed by atoms with van der Waals surface area (Å²) >= 11 is 0. The summed E-state index contributed by atoms with van der Waals surface area (Å²) in [5.41, 5.74) is 8.24. The van der Waals surface area contributed by atoms with Crippen molar-refractivity contribution in [2.24, 2.45) is 5.92 Å². The third-order valence-electron chi connectivity index (χ3n) is 3.58. The van der Waals surface area contributed by atoms with E-state index in [1.165, 1.54) is 12.8 Å². The van der Waals surface area contributed by atoms with Gasteiger partial charge in [0.2, 0.25) is 0 Å². The number of nitrogens with zero attached hydrogens (tertiary/aromatic N) is 1. The SMILES string of the molecule is CNC(=O)c1ccc(N)cc1N(CC1CC1)C(C)C. The number of nitrogens with two attached hydrogens (primary N) is 1. The number of nitrogen functional groups attached to an aromatic ring is 1. The molecule has 1 saturated carbocycles. The van der Waals surface area contributed by atoms with Crippen LogP contribution in [0.3, 0.4) is 0 Å². The first kappa shape index (κ1) is 13.7. The molecule has 1 aliphatic rings. The van der Waals surface area contributed by atoms with Crippen molar-refractivity contribution >= 4 is 17.3 Å². The van der Waals surface area contributed by atoms with E-state index in [-0.39, 0.29) is 5.91 Å². The Labute approximate surface area is 115 Å². The molecule has 4 nitrogen and oxygen atoms in total. The van der Waals surface area contributed by atoms with Crippen molar-refractivity contribution in [3.63, 3.8) is 0 Å². The zero-order chi connectivity index (χ0) is 14.0.